The summed E-state index contributed by atoms with van der Waals surface area (Å²) < 4.78 is 0. The average Bonchev–Trinajstić information content (AvgIpc) is 2.14. The van der Waals surface area contributed by atoms with Gasteiger partial charge in [-0.05, 0) is 26.2 Å². The van der Waals surface area contributed by atoms with Gasteiger partial charge in [-0.2, -0.15) is 0 Å². The lowest BCUT2D eigenvalue weighted by atomic mass is 10.0. The Morgan fingerprint density at radius 3 is 2.24 bits per heavy atom. The zero-order valence-corrected chi connectivity index (χ0v) is 11.2. The fourth-order valence-electron chi connectivity index (χ4n) is 1.44. The van der Waals surface area contributed by atoms with Crippen molar-refractivity contribution in [2.45, 2.75) is 52.6 Å². The van der Waals surface area contributed by atoms with Crippen LogP contribution in [0.1, 0.15) is 40.5 Å². The summed E-state index contributed by atoms with van der Waals surface area (Å²) in [7, 11) is 0. The Bertz CT molecular complexity index is 252. The molecule has 0 aromatic rings. The van der Waals surface area contributed by atoms with Gasteiger partial charge in [0, 0.05) is 19.0 Å². The summed E-state index contributed by atoms with van der Waals surface area (Å²) >= 11 is 0. The number of carbonyl (C=O) groups excluding carboxylic acids is 2. The second-order valence-corrected chi connectivity index (χ2v) is 5.00. The van der Waals surface area contributed by atoms with Crippen LogP contribution < -0.4 is 16.4 Å². The number of rotatable bonds is 7. The van der Waals surface area contributed by atoms with Gasteiger partial charge in [-0.3, -0.25) is 9.59 Å². The molecule has 2 amide bonds. The normalized spacial score (nSPS) is 12.6. The van der Waals surface area contributed by atoms with E-state index in [1.807, 2.05) is 27.7 Å². The van der Waals surface area contributed by atoms with Crippen molar-refractivity contribution in [2.24, 2.45) is 11.7 Å². The molecule has 0 bridgehead atoms. The number of nitrogens with one attached hydrogen (secondary N) is 2. The van der Waals surface area contributed by atoms with E-state index in [9.17, 15) is 9.59 Å². The Morgan fingerprint density at radius 2 is 1.76 bits per heavy atom. The van der Waals surface area contributed by atoms with E-state index in [4.69, 9.17) is 5.73 Å². The van der Waals surface area contributed by atoms with E-state index in [0.717, 1.165) is 0 Å². The van der Waals surface area contributed by atoms with Crippen LogP contribution in [0.25, 0.3) is 0 Å². The van der Waals surface area contributed by atoms with Crippen LogP contribution in [0.2, 0.25) is 0 Å². The first-order chi connectivity index (χ1) is 7.82. The molecule has 0 fully saturated rings. The molecule has 5 heteroatoms. The number of hydrogen-bond donors (Lipinski definition) is 3. The molecule has 1 atom stereocenters. The van der Waals surface area contributed by atoms with E-state index < -0.39 is 6.04 Å². The highest BCUT2D eigenvalue weighted by molar-refractivity contribution is 5.82. The first-order valence-corrected chi connectivity index (χ1v) is 6.15. The van der Waals surface area contributed by atoms with Crippen molar-refractivity contribution in [1.82, 2.24) is 10.6 Å². The third kappa shape index (κ3) is 8.68. The van der Waals surface area contributed by atoms with Gasteiger partial charge < -0.3 is 16.4 Å². The summed E-state index contributed by atoms with van der Waals surface area (Å²) in [5.41, 5.74) is 5.70. The zero-order chi connectivity index (χ0) is 13.4. The minimum absolute atomic E-state index is 0.0577. The number of carbonyl (C=O) groups is 2. The van der Waals surface area contributed by atoms with Crippen molar-refractivity contribution in [3.63, 3.8) is 0 Å². The summed E-state index contributed by atoms with van der Waals surface area (Å²) in [5.74, 6) is 0.147. The van der Waals surface area contributed by atoms with E-state index >= 15 is 0 Å². The van der Waals surface area contributed by atoms with Crippen molar-refractivity contribution < 1.29 is 9.59 Å². The first-order valence-electron chi connectivity index (χ1n) is 6.15. The summed E-state index contributed by atoms with van der Waals surface area (Å²) in [5, 5.41) is 5.42. The Kier molecular flexibility index (Phi) is 7.54. The fraction of sp³-hybridized carbons (Fsp3) is 0.833. The van der Waals surface area contributed by atoms with Gasteiger partial charge in [0.05, 0.1) is 6.04 Å². The molecule has 0 heterocycles. The maximum Gasteiger partial charge on any atom is 0.236 e. The lowest BCUT2D eigenvalue weighted by molar-refractivity contribution is -0.123. The monoisotopic (exact) mass is 243 g/mol. The largest absolute Gasteiger partial charge is 0.354 e. The van der Waals surface area contributed by atoms with Gasteiger partial charge in [-0.1, -0.05) is 13.8 Å². The van der Waals surface area contributed by atoms with Crippen molar-refractivity contribution in [3.05, 3.63) is 0 Å². The molecule has 0 radical (unpaired) electrons. The standard InChI is InChI=1S/C12H25N3O2/c1-8(2)7-10(13)12(17)14-6-5-11(16)15-9(3)4/h8-10H,5-7,13H2,1-4H3,(H,14,17)(H,15,16)/t10-/m1/s1. The highest BCUT2D eigenvalue weighted by Crippen LogP contribution is 2.02. The second kappa shape index (κ2) is 8.06. The molecule has 0 saturated carbocycles. The lowest BCUT2D eigenvalue weighted by Gasteiger charge is -2.14. The molecule has 100 valence electrons. The first kappa shape index (κ1) is 15.9. The summed E-state index contributed by atoms with van der Waals surface area (Å²) in [6.45, 7) is 8.17. The molecule has 0 aliphatic heterocycles. The van der Waals surface area contributed by atoms with Gasteiger partial charge in [0.1, 0.15) is 0 Å². The molecule has 5 nitrogen and oxygen atoms in total. The average molecular weight is 243 g/mol. The summed E-state index contributed by atoms with van der Waals surface area (Å²) in [6.07, 6.45) is 0.947. The maximum atomic E-state index is 11.5. The van der Waals surface area contributed by atoms with Gasteiger partial charge in [-0.25, -0.2) is 0 Å². The number of amides is 2. The molecule has 0 unspecified atom stereocenters. The predicted octanol–water partition coefficient (Wildman–Crippen LogP) is 0.391. The van der Waals surface area contributed by atoms with Crippen LogP contribution in [0.3, 0.4) is 0 Å². The van der Waals surface area contributed by atoms with Gasteiger partial charge in [0.15, 0.2) is 0 Å². The van der Waals surface area contributed by atoms with Crippen molar-refractivity contribution >= 4 is 11.8 Å². The summed E-state index contributed by atoms with van der Waals surface area (Å²) in [4.78, 5) is 22.8. The predicted molar refractivity (Wildman–Crippen MR) is 68.3 cm³/mol. The highest BCUT2D eigenvalue weighted by Gasteiger charge is 2.14. The van der Waals surface area contributed by atoms with Crippen LogP contribution in [0, 0.1) is 5.92 Å². The van der Waals surface area contributed by atoms with Crippen LogP contribution in [0.5, 0.6) is 0 Å². The van der Waals surface area contributed by atoms with E-state index in [1.54, 1.807) is 0 Å². The quantitative estimate of drug-likeness (QED) is 0.605. The molecule has 0 saturated heterocycles. The Labute approximate surface area is 104 Å². The van der Waals surface area contributed by atoms with Crippen LogP contribution in [-0.2, 0) is 9.59 Å². The molecule has 4 N–H and O–H groups in total. The van der Waals surface area contributed by atoms with Gasteiger partial charge in [0.25, 0.3) is 0 Å². The highest BCUT2D eigenvalue weighted by atomic mass is 16.2. The van der Waals surface area contributed by atoms with Gasteiger partial charge in [0.2, 0.25) is 11.8 Å². The van der Waals surface area contributed by atoms with E-state index in [2.05, 4.69) is 10.6 Å². The Balaban J connectivity index is 3.74. The molecule has 0 aromatic heterocycles. The minimum atomic E-state index is -0.483. The van der Waals surface area contributed by atoms with E-state index in [-0.39, 0.29) is 24.3 Å². The molecule has 0 spiro atoms. The SMILES string of the molecule is CC(C)C[C@@H](N)C(=O)NCCC(=O)NC(C)C. The number of hydrogen-bond acceptors (Lipinski definition) is 3. The van der Waals surface area contributed by atoms with E-state index in [0.29, 0.717) is 18.9 Å². The Morgan fingerprint density at radius 1 is 1.18 bits per heavy atom. The van der Waals surface area contributed by atoms with Gasteiger partial charge in [-0.15, -0.1) is 0 Å². The van der Waals surface area contributed by atoms with Gasteiger partial charge >= 0.3 is 0 Å². The van der Waals surface area contributed by atoms with Crippen molar-refractivity contribution in [2.75, 3.05) is 6.54 Å². The summed E-state index contributed by atoms with van der Waals surface area (Å²) in [6, 6.07) is -0.357. The van der Waals surface area contributed by atoms with Crippen molar-refractivity contribution in [1.29, 1.82) is 0 Å². The lowest BCUT2D eigenvalue weighted by Crippen LogP contribution is -2.42. The molecule has 17 heavy (non-hydrogen) atoms. The van der Waals surface area contributed by atoms with Crippen LogP contribution >= 0.6 is 0 Å². The van der Waals surface area contributed by atoms with Crippen LogP contribution in [-0.4, -0.2) is 30.4 Å². The minimum Gasteiger partial charge on any atom is -0.354 e. The van der Waals surface area contributed by atoms with Crippen LogP contribution in [0.15, 0.2) is 0 Å². The number of nitrogens with two attached hydrogens (primary N) is 1. The van der Waals surface area contributed by atoms with E-state index in [1.165, 1.54) is 0 Å². The molecular weight excluding hydrogens is 218 g/mol. The molecule has 0 rings (SSSR count). The third-order valence-electron chi connectivity index (χ3n) is 2.16. The topological polar surface area (TPSA) is 84.2 Å². The maximum absolute atomic E-state index is 11.5. The third-order valence-corrected chi connectivity index (χ3v) is 2.16. The zero-order valence-electron chi connectivity index (χ0n) is 11.2. The second-order valence-electron chi connectivity index (χ2n) is 5.00. The molecule has 0 aromatic carbocycles. The smallest absolute Gasteiger partial charge is 0.236 e. The fourth-order valence-corrected chi connectivity index (χ4v) is 1.44. The van der Waals surface area contributed by atoms with Crippen LogP contribution in [0.4, 0.5) is 0 Å². The molecule has 0 aliphatic carbocycles. The molecule has 0 aliphatic rings. The van der Waals surface area contributed by atoms with Crippen molar-refractivity contribution in [3.8, 4) is 0 Å². The molecular formula is C12H25N3O2. The Hall–Kier alpha value is -1.10.